The van der Waals surface area contributed by atoms with Gasteiger partial charge in [0.15, 0.2) is 0 Å². The SMILES string of the molecule is COc1ccc2nccc(C[C@H](NC(=O)OC(C)(C)C)[C@H]3CC[C@H](NCc4ccc5c(n4)NC(=O)CS5)CC3)c2n1. The van der Waals surface area contributed by atoms with Gasteiger partial charge in [0, 0.05) is 30.9 Å². The molecular formula is C30H38N6O4S. The number of ether oxygens (including phenoxy) is 2. The zero-order valence-corrected chi connectivity index (χ0v) is 24.8. The Morgan fingerprint density at radius 1 is 1.12 bits per heavy atom. The molecule has 5 rings (SSSR count). The first-order valence-electron chi connectivity index (χ1n) is 14.1. The molecule has 1 aliphatic heterocycles. The fraction of sp³-hybridized carbons (Fsp3) is 0.500. The third-order valence-electron chi connectivity index (χ3n) is 7.44. The number of anilines is 1. The van der Waals surface area contributed by atoms with Gasteiger partial charge in [0.25, 0.3) is 0 Å². The second kappa shape index (κ2) is 12.6. The van der Waals surface area contributed by atoms with Crippen molar-refractivity contribution in [2.24, 2.45) is 5.92 Å². The summed E-state index contributed by atoms with van der Waals surface area (Å²) < 4.78 is 11.0. The molecule has 0 unspecified atom stereocenters. The largest absolute Gasteiger partial charge is 0.481 e. The molecule has 1 aliphatic carbocycles. The minimum absolute atomic E-state index is 0.0114. The molecule has 1 saturated carbocycles. The van der Waals surface area contributed by atoms with E-state index in [0.29, 0.717) is 36.5 Å². The van der Waals surface area contributed by atoms with Gasteiger partial charge in [0.2, 0.25) is 11.8 Å². The van der Waals surface area contributed by atoms with Crippen LogP contribution in [0.25, 0.3) is 11.0 Å². The average Bonchev–Trinajstić information content (AvgIpc) is 2.94. The lowest BCUT2D eigenvalue weighted by molar-refractivity contribution is -0.113. The van der Waals surface area contributed by atoms with E-state index in [0.717, 1.165) is 52.9 Å². The van der Waals surface area contributed by atoms with Crippen LogP contribution < -0.4 is 20.7 Å². The number of hydrogen-bond donors (Lipinski definition) is 3. The minimum Gasteiger partial charge on any atom is -0.481 e. The number of fused-ring (bicyclic) bond motifs is 2. The van der Waals surface area contributed by atoms with Crippen LogP contribution in [0.5, 0.6) is 5.88 Å². The van der Waals surface area contributed by atoms with E-state index in [1.165, 1.54) is 11.8 Å². The molecule has 0 radical (unpaired) electrons. The maximum absolute atomic E-state index is 12.9. The minimum atomic E-state index is -0.583. The van der Waals surface area contributed by atoms with Crippen LogP contribution in [0.15, 0.2) is 41.4 Å². The van der Waals surface area contributed by atoms with Crippen LogP contribution in [0.1, 0.15) is 57.7 Å². The number of alkyl carbamates (subject to hydrolysis) is 1. The highest BCUT2D eigenvalue weighted by atomic mass is 32.2. The summed E-state index contributed by atoms with van der Waals surface area (Å²) in [6.45, 7) is 6.25. The lowest BCUT2D eigenvalue weighted by Gasteiger charge is -2.35. The summed E-state index contributed by atoms with van der Waals surface area (Å²) in [7, 11) is 1.60. The molecule has 10 nitrogen and oxygen atoms in total. The molecule has 11 heteroatoms. The molecule has 0 saturated heterocycles. The standard InChI is InChI=1S/C30H38N6O4S/c1-30(2,3)40-29(38)34-23(15-19-13-14-31-22-10-12-26(39-4)36-27(19)22)18-5-7-20(8-6-18)32-16-21-9-11-24-28(33-21)35-25(37)17-41-24/h9-14,18,20,23,32H,5-8,15-17H2,1-4H3,(H,34,38)(H,33,35,37)/t18-,20-,23-/m0/s1. The van der Waals surface area contributed by atoms with E-state index < -0.39 is 11.7 Å². The van der Waals surface area contributed by atoms with Crippen LogP contribution in [0.2, 0.25) is 0 Å². The molecule has 2 aliphatic rings. The molecule has 0 aromatic carbocycles. The number of carbonyl (C=O) groups excluding carboxylic acids is 2. The number of pyridine rings is 3. The molecule has 2 amide bonds. The van der Waals surface area contributed by atoms with E-state index in [2.05, 4.69) is 30.9 Å². The number of methoxy groups -OCH3 is 1. The lowest BCUT2D eigenvalue weighted by atomic mass is 9.79. The molecule has 41 heavy (non-hydrogen) atoms. The number of amides is 2. The third kappa shape index (κ3) is 7.65. The van der Waals surface area contributed by atoms with Gasteiger partial charge in [-0.15, -0.1) is 11.8 Å². The Bertz CT molecular complexity index is 1400. The summed E-state index contributed by atoms with van der Waals surface area (Å²) in [5.74, 6) is 1.89. The highest BCUT2D eigenvalue weighted by molar-refractivity contribution is 8.00. The summed E-state index contributed by atoms with van der Waals surface area (Å²) >= 11 is 1.52. The number of thioether (sulfide) groups is 1. The predicted molar refractivity (Wildman–Crippen MR) is 159 cm³/mol. The van der Waals surface area contributed by atoms with Crippen LogP contribution in [0.4, 0.5) is 10.6 Å². The van der Waals surface area contributed by atoms with Crippen LogP contribution in [0, 0.1) is 5.92 Å². The summed E-state index contributed by atoms with van der Waals surface area (Å²) in [5.41, 5.74) is 2.91. The topological polar surface area (TPSA) is 127 Å². The second-order valence-electron chi connectivity index (χ2n) is 11.6. The smallest absolute Gasteiger partial charge is 0.407 e. The first kappa shape index (κ1) is 29.1. The Morgan fingerprint density at radius 3 is 2.68 bits per heavy atom. The van der Waals surface area contributed by atoms with Crippen molar-refractivity contribution in [3.8, 4) is 5.88 Å². The van der Waals surface area contributed by atoms with E-state index in [-0.39, 0.29) is 17.9 Å². The maximum atomic E-state index is 12.9. The first-order valence-corrected chi connectivity index (χ1v) is 15.1. The predicted octanol–water partition coefficient (Wildman–Crippen LogP) is 4.86. The van der Waals surface area contributed by atoms with E-state index in [1.54, 1.807) is 19.4 Å². The van der Waals surface area contributed by atoms with Gasteiger partial charge in [-0.3, -0.25) is 9.78 Å². The molecule has 1 fully saturated rings. The summed E-state index contributed by atoms with van der Waals surface area (Å²) in [6, 6.07) is 9.96. The van der Waals surface area contributed by atoms with Gasteiger partial charge in [-0.25, -0.2) is 14.8 Å². The van der Waals surface area contributed by atoms with Crippen LogP contribution in [-0.4, -0.2) is 57.5 Å². The van der Waals surface area contributed by atoms with Gasteiger partial charge >= 0.3 is 6.09 Å². The van der Waals surface area contributed by atoms with Gasteiger partial charge in [-0.2, -0.15) is 0 Å². The Morgan fingerprint density at radius 2 is 1.93 bits per heavy atom. The molecule has 3 aromatic heterocycles. The van der Waals surface area contributed by atoms with Crippen LogP contribution in [0.3, 0.4) is 0 Å². The van der Waals surface area contributed by atoms with Crippen LogP contribution >= 0.6 is 11.8 Å². The van der Waals surface area contributed by atoms with Crippen molar-refractivity contribution in [3.05, 3.63) is 47.8 Å². The Labute approximate surface area is 244 Å². The van der Waals surface area contributed by atoms with Crippen molar-refractivity contribution in [2.45, 2.75) is 82.0 Å². The van der Waals surface area contributed by atoms with E-state index in [9.17, 15) is 9.59 Å². The van der Waals surface area contributed by atoms with E-state index in [1.807, 2.05) is 45.0 Å². The van der Waals surface area contributed by atoms with Gasteiger partial charge in [-0.1, -0.05) is 0 Å². The molecule has 3 N–H and O–H groups in total. The van der Waals surface area contributed by atoms with Gasteiger partial charge in [0.1, 0.15) is 11.4 Å². The maximum Gasteiger partial charge on any atom is 0.407 e. The number of aromatic nitrogens is 3. The normalized spacial score (nSPS) is 19.7. The van der Waals surface area contributed by atoms with Gasteiger partial charge in [-0.05, 0) is 88.6 Å². The number of nitrogens with zero attached hydrogens (tertiary/aromatic N) is 3. The van der Waals surface area contributed by atoms with Gasteiger partial charge < -0.3 is 25.4 Å². The monoisotopic (exact) mass is 578 g/mol. The first-order chi connectivity index (χ1) is 19.7. The van der Waals surface area contributed by atoms with Gasteiger partial charge in [0.05, 0.1) is 34.5 Å². The van der Waals surface area contributed by atoms with Crippen molar-refractivity contribution in [3.63, 3.8) is 0 Å². The quantitative estimate of drug-likeness (QED) is 0.343. The summed E-state index contributed by atoms with van der Waals surface area (Å²) in [6.07, 6.45) is 5.88. The Balaban J connectivity index is 1.25. The molecule has 218 valence electrons. The molecule has 0 spiro atoms. The average molecular weight is 579 g/mol. The number of carbonyl (C=O) groups is 2. The lowest BCUT2D eigenvalue weighted by Crippen LogP contribution is -2.46. The highest BCUT2D eigenvalue weighted by Gasteiger charge is 2.31. The van der Waals surface area contributed by atoms with Crippen molar-refractivity contribution < 1.29 is 19.1 Å². The number of rotatable bonds is 8. The molecular weight excluding hydrogens is 540 g/mol. The zero-order valence-electron chi connectivity index (χ0n) is 24.0. The Kier molecular flexibility index (Phi) is 8.94. The second-order valence-corrected chi connectivity index (χ2v) is 12.6. The zero-order chi connectivity index (χ0) is 29.0. The van der Waals surface area contributed by atoms with Crippen molar-refractivity contribution in [1.82, 2.24) is 25.6 Å². The fourth-order valence-electron chi connectivity index (χ4n) is 5.45. The third-order valence-corrected chi connectivity index (χ3v) is 8.49. The molecule has 1 atom stereocenters. The highest BCUT2D eigenvalue weighted by Crippen LogP contribution is 2.32. The van der Waals surface area contributed by atoms with E-state index in [4.69, 9.17) is 9.47 Å². The van der Waals surface area contributed by atoms with Crippen LogP contribution in [-0.2, 0) is 22.5 Å². The van der Waals surface area contributed by atoms with E-state index >= 15 is 0 Å². The number of hydrogen-bond acceptors (Lipinski definition) is 9. The fourth-order valence-corrected chi connectivity index (χ4v) is 6.20. The summed E-state index contributed by atoms with van der Waals surface area (Å²) in [4.78, 5) is 39.4. The Hall–Kier alpha value is -3.44. The summed E-state index contributed by atoms with van der Waals surface area (Å²) in [5, 5.41) is 9.70. The van der Waals surface area contributed by atoms with Crippen molar-refractivity contribution in [2.75, 3.05) is 18.2 Å². The van der Waals surface area contributed by atoms with Crippen molar-refractivity contribution in [1.29, 1.82) is 0 Å². The molecule has 4 heterocycles. The molecule has 3 aromatic rings. The van der Waals surface area contributed by atoms with Crippen molar-refractivity contribution >= 4 is 40.6 Å². The molecule has 0 bridgehead atoms. The number of nitrogens with one attached hydrogen (secondary N) is 3.